The summed E-state index contributed by atoms with van der Waals surface area (Å²) in [5.41, 5.74) is -0.909. The molecule has 2 aliphatic carbocycles. The van der Waals surface area contributed by atoms with E-state index in [1.807, 2.05) is 13.0 Å². The van der Waals surface area contributed by atoms with Crippen LogP contribution in [0, 0.1) is 11.8 Å². The van der Waals surface area contributed by atoms with Crippen LogP contribution >= 0.6 is 0 Å². The molecule has 0 aromatic rings. The summed E-state index contributed by atoms with van der Waals surface area (Å²) in [6.07, 6.45) is 5.71. The summed E-state index contributed by atoms with van der Waals surface area (Å²) in [7, 11) is 0. The van der Waals surface area contributed by atoms with E-state index in [9.17, 15) is 4.79 Å². The second-order valence-electron chi connectivity index (χ2n) is 3.82. The first kappa shape index (κ1) is 8.75. The van der Waals surface area contributed by atoms with Crippen LogP contribution in [0.3, 0.4) is 0 Å². The third-order valence-electron chi connectivity index (χ3n) is 3.10. The summed E-state index contributed by atoms with van der Waals surface area (Å²) >= 11 is 0. The van der Waals surface area contributed by atoms with Crippen LogP contribution in [0.4, 0.5) is 0 Å². The summed E-state index contributed by atoms with van der Waals surface area (Å²) in [6.45, 7) is 2.32. The number of carboxylic acids is 1. The van der Waals surface area contributed by atoms with Crippen molar-refractivity contribution in [3.63, 3.8) is 0 Å². The third kappa shape index (κ3) is 1.10. The van der Waals surface area contributed by atoms with Gasteiger partial charge in [-0.3, -0.25) is 0 Å². The molecule has 2 rings (SSSR count). The lowest BCUT2D eigenvalue weighted by Gasteiger charge is -2.30. The van der Waals surface area contributed by atoms with E-state index in [1.54, 1.807) is 0 Å². The molecule has 0 aromatic heterocycles. The third-order valence-corrected chi connectivity index (χ3v) is 3.10. The molecule has 0 spiro atoms. The molecule has 72 valence electrons. The maximum absolute atomic E-state index is 11.1. The largest absolute Gasteiger partial charge is 0.479 e. The minimum atomic E-state index is -0.909. The lowest BCUT2D eigenvalue weighted by atomic mass is 9.88. The second kappa shape index (κ2) is 2.84. The Hall–Kier alpha value is -0.830. The maximum Gasteiger partial charge on any atom is 0.336 e. The highest BCUT2D eigenvalue weighted by Gasteiger charge is 2.54. The normalized spacial score (nSPS) is 41.3. The van der Waals surface area contributed by atoms with Gasteiger partial charge in [-0.15, -0.1) is 0 Å². The van der Waals surface area contributed by atoms with Gasteiger partial charge in [0.1, 0.15) is 0 Å². The van der Waals surface area contributed by atoms with E-state index in [1.165, 1.54) is 0 Å². The highest BCUT2D eigenvalue weighted by Crippen LogP contribution is 2.48. The molecule has 0 heterocycles. The molecular weight excluding hydrogens is 168 g/mol. The van der Waals surface area contributed by atoms with Crippen molar-refractivity contribution in [3.05, 3.63) is 12.2 Å². The van der Waals surface area contributed by atoms with Gasteiger partial charge < -0.3 is 9.84 Å². The molecule has 0 aliphatic heterocycles. The number of hydrogen-bond donors (Lipinski definition) is 1. The highest BCUT2D eigenvalue weighted by atomic mass is 16.5. The molecule has 13 heavy (non-hydrogen) atoms. The van der Waals surface area contributed by atoms with Crippen LogP contribution in [0.2, 0.25) is 0 Å². The van der Waals surface area contributed by atoms with Crippen LogP contribution in [-0.2, 0) is 9.53 Å². The van der Waals surface area contributed by atoms with Gasteiger partial charge in [0.2, 0.25) is 0 Å². The Morgan fingerprint density at radius 3 is 2.85 bits per heavy atom. The molecule has 3 atom stereocenters. The molecule has 3 heteroatoms. The van der Waals surface area contributed by atoms with E-state index in [-0.39, 0.29) is 5.92 Å². The fraction of sp³-hybridized carbons (Fsp3) is 0.700. The standard InChI is InChI=1S/C10H14O3/c1-2-13-10(9(11)12)6-7-3-4-8(10)5-7/h3-4,7-8H,2,5-6H2,1H3,(H,11,12). The first-order chi connectivity index (χ1) is 6.19. The Morgan fingerprint density at radius 1 is 1.69 bits per heavy atom. The van der Waals surface area contributed by atoms with Crippen LogP contribution in [0.25, 0.3) is 0 Å². The molecule has 0 aromatic carbocycles. The van der Waals surface area contributed by atoms with Crippen LogP contribution in [0.15, 0.2) is 12.2 Å². The number of carbonyl (C=O) groups is 1. The molecule has 0 radical (unpaired) electrons. The van der Waals surface area contributed by atoms with E-state index < -0.39 is 11.6 Å². The fourth-order valence-corrected chi connectivity index (χ4v) is 2.54. The van der Waals surface area contributed by atoms with E-state index >= 15 is 0 Å². The zero-order valence-corrected chi connectivity index (χ0v) is 7.69. The molecule has 1 N–H and O–H groups in total. The van der Waals surface area contributed by atoms with Crippen molar-refractivity contribution in [2.45, 2.75) is 25.4 Å². The molecule has 0 amide bonds. The van der Waals surface area contributed by atoms with Crippen LogP contribution in [0.5, 0.6) is 0 Å². The van der Waals surface area contributed by atoms with Gasteiger partial charge in [-0.05, 0) is 25.7 Å². The Labute approximate surface area is 77.4 Å². The summed E-state index contributed by atoms with van der Waals surface area (Å²) in [6, 6.07) is 0. The number of aliphatic carboxylic acids is 1. The SMILES string of the molecule is CCOC1(C(=O)O)CC2C=CC1C2. The summed E-state index contributed by atoms with van der Waals surface area (Å²) < 4.78 is 5.44. The number of hydrogen-bond acceptors (Lipinski definition) is 2. The molecule has 0 saturated heterocycles. The number of rotatable bonds is 3. The molecule has 1 fully saturated rings. The lowest BCUT2D eigenvalue weighted by Crippen LogP contribution is -2.45. The van der Waals surface area contributed by atoms with Gasteiger partial charge in [-0.1, -0.05) is 12.2 Å². The van der Waals surface area contributed by atoms with Crippen molar-refractivity contribution >= 4 is 5.97 Å². The topological polar surface area (TPSA) is 46.5 Å². The van der Waals surface area contributed by atoms with Gasteiger partial charge in [-0.2, -0.15) is 0 Å². The van der Waals surface area contributed by atoms with E-state index in [0.717, 1.165) is 6.42 Å². The summed E-state index contributed by atoms with van der Waals surface area (Å²) in [5.74, 6) is -0.284. The fourth-order valence-electron chi connectivity index (χ4n) is 2.54. The van der Waals surface area contributed by atoms with Crippen LogP contribution in [0.1, 0.15) is 19.8 Å². The Bertz CT molecular complexity index is 259. The Morgan fingerprint density at radius 2 is 2.46 bits per heavy atom. The average molecular weight is 182 g/mol. The van der Waals surface area contributed by atoms with Crippen molar-refractivity contribution in [2.75, 3.05) is 6.61 Å². The van der Waals surface area contributed by atoms with Crippen molar-refractivity contribution in [3.8, 4) is 0 Å². The summed E-state index contributed by atoms with van der Waals surface area (Å²) in [5, 5.41) is 9.16. The zero-order valence-electron chi connectivity index (χ0n) is 7.69. The average Bonchev–Trinajstić information content (AvgIpc) is 2.64. The molecule has 3 nitrogen and oxygen atoms in total. The monoisotopic (exact) mass is 182 g/mol. The minimum Gasteiger partial charge on any atom is -0.479 e. The highest BCUT2D eigenvalue weighted by molar-refractivity contribution is 5.79. The first-order valence-corrected chi connectivity index (χ1v) is 4.74. The Balaban J connectivity index is 2.25. The molecule has 3 unspecified atom stereocenters. The minimum absolute atomic E-state index is 0.0925. The Kier molecular flexibility index (Phi) is 1.91. The smallest absolute Gasteiger partial charge is 0.336 e. The molecular formula is C10H14O3. The van der Waals surface area contributed by atoms with Gasteiger partial charge in [0.25, 0.3) is 0 Å². The van der Waals surface area contributed by atoms with E-state index in [2.05, 4.69) is 6.08 Å². The number of allylic oxidation sites excluding steroid dienone is 1. The number of carboxylic acid groups (broad SMARTS) is 1. The van der Waals surface area contributed by atoms with Crippen LogP contribution < -0.4 is 0 Å². The first-order valence-electron chi connectivity index (χ1n) is 4.74. The quantitative estimate of drug-likeness (QED) is 0.672. The van der Waals surface area contributed by atoms with Crippen molar-refractivity contribution in [1.29, 1.82) is 0 Å². The number of fused-ring (bicyclic) bond motifs is 2. The number of ether oxygens (including phenoxy) is 1. The molecule has 2 bridgehead atoms. The second-order valence-corrected chi connectivity index (χ2v) is 3.82. The lowest BCUT2D eigenvalue weighted by molar-refractivity contribution is -0.169. The van der Waals surface area contributed by atoms with Gasteiger partial charge in [0.05, 0.1) is 0 Å². The molecule has 1 saturated carbocycles. The van der Waals surface area contributed by atoms with E-state index in [4.69, 9.17) is 9.84 Å². The predicted octanol–water partition coefficient (Wildman–Crippen LogP) is 1.44. The van der Waals surface area contributed by atoms with Gasteiger partial charge in [0.15, 0.2) is 5.60 Å². The van der Waals surface area contributed by atoms with E-state index in [0.29, 0.717) is 18.9 Å². The van der Waals surface area contributed by atoms with Crippen molar-refractivity contribution < 1.29 is 14.6 Å². The maximum atomic E-state index is 11.1. The van der Waals surface area contributed by atoms with Crippen molar-refractivity contribution in [1.82, 2.24) is 0 Å². The van der Waals surface area contributed by atoms with Crippen LogP contribution in [-0.4, -0.2) is 23.3 Å². The van der Waals surface area contributed by atoms with Gasteiger partial charge in [-0.25, -0.2) is 4.79 Å². The van der Waals surface area contributed by atoms with Crippen molar-refractivity contribution in [2.24, 2.45) is 11.8 Å². The predicted molar refractivity (Wildman–Crippen MR) is 47.3 cm³/mol. The van der Waals surface area contributed by atoms with Gasteiger partial charge >= 0.3 is 5.97 Å². The summed E-state index contributed by atoms with van der Waals surface area (Å²) in [4.78, 5) is 11.1. The zero-order chi connectivity index (χ0) is 9.47. The molecule has 2 aliphatic rings. The van der Waals surface area contributed by atoms with Gasteiger partial charge in [0, 0.05) is 12.5 Å².